The fourth-order valence-electron chi connectivity index (χ4n) is 6.00. The van der Waals surface area contributed by atoms with E-state index in [1.807, 2.05) is 6.92 Å². The van der Waals surface area contributed by atoms with E-state index < -0.39 is 0 Å². The molecule has 0 amide bonds. The number of nitrogens with one attached hydrogen (secondary N) is 1. The molecule has 0 saturated carbocycles. The van der Waals surface area contributed by atoms with Crippen LogP contribution in [0.4, 0.5) is 0 Å². The number of para-hydroxylation sites is 1. The van der Waals surface area contributed by atoms with Gasteiger partial charge >= 0.3 is 0 Å². The Bertz CT molecular complexity index is 1080. The molecule has 1 unspecified atom stereocenters. The van der Waals surface area contributed by atoms with E-state index in [9.17, 15) is 0 Å². The van der Waals surface area contributed by atoms with Crippen molar-refractivity contribution in [3.05, 3.63) is 41.6 Å². The molecule has 4 aliphatic rings. The first-order valence-corrected chi connectivity index (χ1v) is 10.6. The van der Waals surface area contributed by atoms with Crippen LogP contribution in [-0.4, -0.2) is 40.4 Å². The van der Waals surface area contributed by atoms with Gasteiger partial charge in [-0.15, -0.1) is 0 Å². The predicted octanol–water partition coefficient (Wildman–Crippen LogP) is 4.38. The van der Waals surface area contributed by atoms with Crippen LogP contribution in [0.25, 0.3) is 16.6 Å². The van der Waals surface area contributed by atoms with Crippen LogP contribution in [0.2, 0.25) is 0 Å². The molecular formula is C23H26N4O. The normalized spacial score (nSPS) is 31.4. The number of piperidine rings is 1. The maximum absolute atomic E-state index is 8.09. The van der Waals surface area contributed by atoms with Crippen LogP contribution in [0.3, 0.4) is 0 Å². The van der Waals surface area contributed by atoms with Crippen molar-refractivity contribution >= 4 is 28.4 Å². The van der Waals surface area contributed by atoms with Crippen LogP contribution in [0, 0.1) is 10.8 Å². The van der Waals surface area contributed by atoms with E-state index in [0.717, 1.165) is 25.1 Å². The Hall–Kier alpha value is -2.40. The van der Waals surface area contributed by atoms with E-state index >= 15 is 0 Å². The Kier molecular flexibility index (Phi) is 3.29. The SMILES string of the molecule is CC[C@@]12C=C(C3=NC(C)C(=N)O3)n3c4c(c5ccccc53)CCN(CCC1)[C@H]42. The first kappa shape index (κ1) is 16.5. The summed E-state index contributed by atoms with van der Waals surface area (Å²) in [4.78, 5) is 7.42. The maximum Gasteiger partial charge on any atom is 0.241 e. The third-order valence-electron chi connectivity index (χ3n) is 7.36. The zero-order valence-electron chi connectivity index (χ0n) is 16.5. The fourth-order valence-corrected chi connectivity index (χ4v) is 6.00. The van der Waals surface area contributed by atoms with Crippen LogP contribution in [0.15, 0.2) is 35.3 Å². The Morgan fingerprint density at radius 2 is 2.14 bits per heavy atom. The molecule has 1 N–H and O–H groups in total. The molecule has 0 radical (unpaired) electrons. The monoisotopic (exact) mass is 374 g/mol. The minimum Gasteiger partial charge on any atom is -0.421 e. The van der Waals surface area contributed by atoms with E-state index in [1.165, 1.54) is 41.5 Å². The third-order valence-corrected chi connectivity index (χ3v) is 7.36. The molecular weight excluding hydrogens is 348 g/mol. The Morgan fingerprint density at radius 1 is 1.29 bits per heavy atom. The molecule has 1 aromatic heterocycles. The maximum atomic E-state index is 8.09. The molecule has 28 heavy (non-hydrogen) atoms. The summed E-state index contributed by atoms with van der Waals surface area (Å²) in [6.45, 7) is 6.60. The summed E-state index contributed by atoms with van der Waals surface area (Å²) in [6.07, 6.45) is 7.10. The van der Waals surface area contributed by atoms with Crippen LogP contribution in [-0.2, 0) is 11.2 Å². The fraction of sp³-hybridized carbons (Fsp3) is 0.478. The number of rotatable bonds is 2. The van der Waals surface area contributed by atoms with Gasteiger partial charge in [0.2, 0.25) is 11.8 Å². The molecule has 6 rings (SSSR count). The molecule has 144 valence electrons. The molecule has 1 saturated heterocycles. The summed E-state index contributed by atoms with van der Waals surface area (Å²) in [7, 11) is 0. The summed E-state index contributed by atoms with van der Waals surface area (Å²) >= 11 is 0. The van der Waals surface area contributed by atoms with Crippen molar-refractivity contribution in [2.24, 2.45) is 10.4 Å². The zero-order chi connectivity index (χ0) is 19.0. The summed E-state index contributed by atoms with van der Waals surface area (Å²) < 4.78 is 8.28. The van der Waals surface area contributed by atoms with Gasteiger partial charge in [0.05, 0.1) is 11.6 Å². The lowest BCUT2D eigenvalue weighted by Crippen LogP contribution is -2.51. The van der Waals surface area contributed by atoms with Crippen molar-refractivity contribution < 1.29 is 4.74 Å². The van der Waals surface area contributed by atoms with E-state index in [2.05, 4.69) is 46.7 Å². The highest BCUT2D eigenvalue weighted by atomic mass is 16.5. The molecule has 2 aromatic rings. The van der Waals surface area contributed by atoms with E-state index in [0.29, 0.717) is 11.9 Å². The lowest BCUT2D eigenvalue weighted by Gasteiger charge is -2.53. The summed E-state index contributed by atoms with van der Waals surface area (Å²) in [5.74, 6) is 0.870. The molecule has 0 bridgehead atoms. The molecule has 5 nitrogen and oxygen atoms in total. The van der Waals surface area contributed by atoms with Gasteiger partial charge in [0.25, 0.3) is 0 Å². The van der Waals surface area contributed by atoms with Gasteiger partial charge in [-0.2, -0.15) is 0 Å². The number of fused-ring (bicyclic) bond motifs is 3. The Labute approximate surface area is 165 Å². The van der Waals surface area contributed by atoms with Crippen molar-refractivity contribution in [1.82, 2.24) is 9.47 Å². The summed E-state index contributed by atoms with van der Waals surface area (Å²) in [5, 5.41) is 9.46. The van der Waals surface area contributed by atoms with Gasteiger partial charge in [-0.25, -0.2) is 4.99 Å². The van der Waals surface area contributed by atoms with Gasteiger partial charge in [-0.3, -0.25) is 10.3 Å². The lowest BCUT2D eigenvalue weighted by atomic mass is 9.66. The number of aromatic nitrogens is 1. The minimum atomic E-state index is -0.202. The van der Waals surface area contributed by atoms with Crippen molar-refractivity contribution in [2.45, 2.75) is 51.6 Å². The van der Waals surface area contributed by atoms with Gasteiger partial charge in [0.1, 0.15) is 11.7 Å². The van der Waals surface area contributed by atoms with Gasteiger partial charge in [0.15, 0.2) is 0 Å². The van der Waals surface area contributed by atoms with E-state index in [1.54, 1.807) is 0 Å². The second kappa shape index (κ2) is 5.57. The predicted molar refractivity (Wildman–Crippen MR) is 112 cm³/mol. The average Bonchev–Trinajstić information content (AvgIpc) is 3.24. The number of ether oxygens (including phenoxy) is 1. The molecule has 1 fully saturated rings. The Morgan fingerprint density at radius 3 is 2.93 bits per heavy atom. The molecule has 1 aromatic carbocycles. The highest BCUT2D eigenvalue weighted by Crippen LogP contribution is 2.57. The van der Waals surface area contributed by atoms with Crippen LogP contribution >= 0.6 is 0 Å². The smallest absolute Gasteiger partial charge is 0.241 e. The molecule has 4 aliphatic heterocycles. The quantitative estimate of drug-likeness (QED) is 0.848. The first-order valence-electron chi connectivity index (χ1n) is 10.6. The third kappa shape index (κ3) is 1.95. The highest BCUT2D eigenvalue weighted by molar-refractivity contribution is 6.22. The van der Waals surface area contributed by atoms with E-state index in [-0.39, 0.29) is 17.4 Å². The standard InChI is InChI=1S/C23H26N4O/c1-3-23-10-6-11-26-12-9-16-15-7-4-5-8-17(15)27(19(16)20(23)26)18(13-23)22-25-14(2)21(24)28-22/h4-5,7-8,13-14,20,24H,3,6,9-12H2,1-2H3/t14?,20-,23+/m1/s1. The average molecular weight is 374 g/mol. The first-order chi connectivity index (χ1) is 13.6. The summed E-state index contributed by atoms with van der Waals surface area (Å²) in [5.41, 5.74) is 5.36. The second-order valence-electron chi connectivity index (χ2n) is 8.70. The number of benzene rings is 1. The van der Waals surface area contributed by atoms with Crippen molar-refractivity contribution in [3.8, 4) is 0 Å². The van der Waals surface area contributed by atoms with Crippen LogP contribution in [0.5, 0.6) is 0 Å². The zero-order valence-corrected chi connectivity index (χ0v) is 16.5. The molecule has 5 heteroatoms. The van der Waals surface area contributed by atoms with Gasteiger partial charge in [-0.05, 0) is 56.9 Å². The highest BCUT2D eigenvalue weighted by Gasteiger charge is 2.51. The van der Waals surface area contributed by atoms with Gasteiger partial charge in [0, 0.05) is 23.0 Å². The summed E-state index contributed by atoms with van der Waals surface area (Å²) in [6, 6.07) is 8.99. The number of aliphatic imine (C=N–C) groups is 1. The van der Waals surface area contributed by atoms with Crippen LogP contribution in [0.1, 0.15) is 50.4 Å². The van der Waals surface area contributed by atoms with Gasteiger partial charge in [-0.1, -0.05) is 25.1 Å². The van der Waals surface area contributed by atoms with E-state index in [4.69, 9.17) is 15.1 Å². The topological polar surface area (TPSA) is 53.6 Å². The van der Waals surface area contributed by atoms with Crippen molar-refractivity contribution in [2.75, 3.05) is 13.1 Å². The van der Waals surface area contributed by atoms with Crippen molar-refractivity contribution in [1.29, 1.82) is 5.41 Å². The Balaban J connectivity index is 1.69. The largest absolute Gasteiger partial charge is 0.421 e. The van der Waals surface area contributed by atoms with Crippen molar-refractivity contribution in [3.63, 3.8) is 0 Å². The molecule has 3 atom stereocenters. The molecule has 5 heterocycles. The van der Waals surface area contributed by atoms with Gasteiger partial charge < -0.3 is 9.30 Å². The number of nitrogens with zero attached hydrogens (tertiary/aromatic N) is 3. The second-order valence-corrected chi connectivity index (χ2v) is 8.70. The number of hydrogen-bond acceptors (Lipinski definition) is 4. The lowest BCUT2D eigenvalue weighted by molar-refractivity contribution is 0.0272. The number of hydrogen-bond donors (Lipinski definition) is 1. The minimum absolute atomic E-state index is 0.118. The molecule has 0 aliphatic carbocycles. The molecule has 0 spiro atoms. The van der Waals surface area contributed by atoms with Crippen LogP contribution < -0.4 is 0 Å².